The number of rotatable bonds is 2. The standard InChI is InChI=1S/C18H17F2N5O2/c19-18(20)4-6-24(9-18)17(27)14-7-10-3-5-25(15(10)21-14)11-1-2-12-13(8-11)22-23-16(12)26/h1-2,7-8,21H,3-6,9H2,(H2,22,23,26). The van der Waals surface area contributed by atoms with E-state index in [1.807, 2.05) is 17.0 Å². The molecule has 5 rings (SSSR count). The van der Waals surface area contributed by atoms with E-state index in [0.29, 0.717) is 16.6 Å². The summed E-state index contributed by atoms with van der Waals surface area (Å²) in [5, 5.41) is 5.97. The lowest BCUT2D eigenvalue weighted by Gasteiger charge is -2.19. The fourth-order valence-electron chi connectivity index (χ4n) is 3.91. The van der Waals surface area contributed by atoms with Gasteiger partial charge in [0, 0.05) is 25.2 Å². The molecule has 27 heavy (non-hydrogen) atoms. The van der Waals surface area contributed by atoms with Gasteiger partial charge in [0.05, 0.1) is 17.4 Å². The number of nitrogens with zero attached hydrogens (tertiary/aromatic N) is 2. The predicted octanol–water partition coefficient (Wildman–Crippen LogP) is 2.36. The highest BCUT2D eigenvalue weighted by Crippen LogP contribution is 2.36. The van der Waals surface area contributed by atoms with E-state index in [1.54, 1.807) is 12.1 Å². The highest BCUT2D eigenvalue weighted by atomic mass is 19.3. The van der Waals surface area contributed by atoms with Gasteiger partial charge in [-0.25, -0.2) is 8.78 Å². The zero-order valence-corrected chi connectivity index (χ0v) is 14.3. The fourth-order valence-corrected chi connectivity index (χ4v) is 3.91. The van der Waals surface area contributed by atoms with E-state index >= 15 is 0 Å². The molecule has 9 heteroatoms. The molecule has 2 aliphatic rings. The van der Waals surface area contributed by atoms with E-state index in [9.17, 15) is 18.4 Å². The van der Waals surface area contributed by atoms with Crippen molar-refractivity contribution < 1.29 is 13.6 Å². The van der Waals surface area contributed by atoms with Gasteiger partial charge in [-0.3, -0.25) is 19.8 Å². The van der Waals surface area contributed by atoms with Crippen LogP contribution in [0.1, 0.15) is 22.5 Å². The lowest BCUT2D eigenvalue weighted by Crippen LogP contribution is -2.31. The van der Waals surface area contributed by atoms with Crippen LogP contribution in [0.5, 0.6) is 0 Å². The molecule has 1 saturated heterocycles. The fraction of sp³-hybridized carbons (Fsp3) is 0.333. The normalized spacial score (nSPS) is 18.4. The van der Waals surface area contributed by atoms with Crippen molar-refractivity contribution in [1.82, 2.24) is 20.1 Å². The Morgan fingerprint density at radius 1 is 1.15 bits per heavy atom. The molecule has 0 unspecified atom stereocenters. The molecular weight excluding hydrogens is 356 g/mol. The van der Waals surface area contributed by atoms with Gasteiger partial charge in [0.15, 0.2) is 0 Å². The van der Waals surface area contributed by atoms with Crippen molar-refractivity contribution in [1.29, 1.82) is 0 Å². The van der Waals surface area contributed by atoms with Crippen LogP contribution >= 0.6 is 0 Å². The van der Waals surface area contributed by atoms with Crippen molar-refractivity contribution in [3.05, 3.63) is 45.9 Å². The first kappa shape index (κ1) is 16.1. The van der Waals surface area contributed by atoms with Gasteiger partial charge in [0.1, 0.15) is 11.5 Å². The average Bonchev–Trinajstić information content (AvgIpc) is 3.37. The third kappa shape index (κ3) is 2.53. The second-order valence-corrected chi connectivity index (χ2v) is 7.10. The third-order valence-electron chi connectivity index (χ3n) is 5.31. The zero-order valence-electron chi connectivity index (χ0n) is 14.3. The summed E-state index contributed by atoms with van der Waals surface area (Å²) in [6, 6.07) is 7.22. The van der Waals surface area contributed by atoms with Crippen LogP contribution in [0.2, 0.25) is 0 Å². The lowest BCUT2D eigenvalue weighted by molar-refractivity contribution is 0.0119. The van der Waals surface area contributed by atoms with Crippen LogP contribution in [0.25, 0.3) is 10.9 Å². The second-order valence-electron chi connectivity index (χ2n) is 7.10. The number of nitrogens with one attached hydrogen (secondary N) is 3. The second kappa shape index (κ2) is 5.45. The van der Waals surface area contributed by atoms with Gasteiger partial charge in [-0.15, -0.1) is 0 Å². The maximum Gasteiger partial charge on any atom is 0.271 e. The molecule has 1 amide bonds. The van der Waals surface area contributed by atoms with Crippen molar-refractivity contribution in [3.63, 3.8) is 0 Å². The van der Waals surface area contributed by atoms with Gasteiger partial charge < -0.3 is 14.8 Å². The molecule has 2 aromatic heterocycles. The molecule has 3 N–H and O–H groups in total. The molecule has 0 spiro atoms. The number of hydrogen-bond acceptors (Lipinski definition) is 3. The summed E-state index contributed by atoms with van der Waals surface area (Å²) in [4.78, 5) is 30.5. The van der Waals surface area contributed by atoms with E-state index < -0.39 is 18.4 Å². The number of carbonyl (C=O) groups is 1. The first-order valence-electron chi connectivity index (χ1n) is 8.78. The number of aromatic amines is 3. The number of amides is 1. The molecule has 3 aromatic rings. The van der Waals surface area contributed by atoms with Crippen molar-refractivity contribution in [3.8, 4) is 0 Å². The van der Waals surface area contributed by atoms with E-state index in [-0.39, 0.29) is 18.5 Å². The molecule has 0 aliphatic carbocycles. The summed E-state index contributed by atoms with van der Waals surface area (Å²) >= 11 is 0. The van der Waals surface area contributed by atoms with Crippen LogP contribution < -0.4 is 10.5 Å². The third-order valence-corrected chi connectivity index (χ3v) is 5.31. The minimum Gasteiger partial charge on any atom is -0.337 e. The highest BCUT2D eigenvalue weighted by molar-refractivity contribution is 5.94. The number of halogens is 2. The van der Waals surface area contributed by atoms with Gasteiger partial charge >= 0.3 is 0 Å². The molecule has 0 saturated carbocycles. The van der Waals surface area contributed by atoms with E-state index in [4.69, 9.17) is 0 Å². The molecule has 1 fully saturated rings. The number of aromatic nitrogens is 3. The van der Waals surface area contributed by atoms with E-state index in [2.05, 4.69) is 15.2 Å². The topological polar surface area (TPSA) is 88.0 Å². The first-order valence-corrected chi connectivity index (χ1v) is 8.78. The van der Waals surface area contributed by atoms with Gasteiger partial charge in [0.25, 0.3) is 17.4 Å². The van der Waals surface area contributed by atoms with Crippen LogP contribution in [0, 0.1) is 0 Å². The first-order chi connectivity index (χ1) is 12.9. The van der Waals surface area contributed by atoms with Crippen LogP contribution in [0.4, 0.5) is 20.3 Å². The van der Waals surface area contributed by atoms with Crippen molar-refractivity contribution in [2.75, 3.05) is 24.5 Å². The molecule has 1 aromatic carbocycles. The van der Waals surface area contributed by atoms with Crippen LogP contribution in [-0.2, 0) is 6.42 Å². The number of H-pyrrole nitrogens is 3. The van der Waals surface area contributed by atoms with Crippen molar-refractivity contribution >= 4 is 28.3 Å². The highest BCUT2D eigenvalue weighted by Gasteiger charge is 2.41. The Morgan fingerprint density at radius 2 is 2.00 bits per heavy atom. The molecule has 4 heterocycles. The van der Waals surface area contributed by atoms with Crippen LogP contribution in [0.3, 0.4) is 0 Å². The Hall–Kier alpha value is -3.10. The minimum atomic E-state index is -2.81. The van der Waals surface area contributed by atoms with Crippen molar-refractivity contribution in [2.24, 2.45) is 0 Å². The molecule has 7 nitrogen and oxygen atoms in total. The summed E-state index contributed by atoms with van der Waals surface area (Å²) in [6.45, 7) is 0.269. The number of benzene rings is 1. The maximum absolute atomic E-state index is 13.4. The number of carbonyl (C=O) groups excluding carboxylic acids is 1. The maximum atomic E-state index is 13.4. The van der Waals surface area contributed by atoms with E-state index in [0.717, 1.165) is 30.0 Å². The smallest absolute Gasteiger partial charge is 0.271 e. The SMILES string of the molecule is O=C(c1cc2c([nH]1)N(c1ccc3c(=O)[nH][nH]c3c1)CC2)N1CCC(F)(F)C1. The van der Waals surface area contributed by atoms with Gasteiger partial charge in [-0.2, -0.15) is 0 Å². The molecule has 0 atom stereocenters. The van der Waals surface area contributed by atoms with Gasteiger partial charge in [-0.1, -0.05) is 0 Å². The summed E-state index contributed by atoms with van der Waals surface area (Å²) in [5.41, 5.74) is 2.72. The van der Waals surface area contributed by atoms with Gasteiger partial charge in [0.2, 0.25) is 0 Å². The Morgan fingerprint density at radius 3 is 2.78 bits per heavy atom. The predicted molar refractivity (Wildman–Crippen MR) is 95.9 cm³/mol. The number of alkyl halides is 2. The lowest BCUT2D eigenvalue weighted by atomic mass is 10.2. The monoisotopic (exact) mass is 373 g/mol. The largest absolute Gasteiger partial charge is 0.337 e. The Bertz CT molecular complexity index is 1110. The minimum absolute atomic E-state index is 0.0662. The summed E-state index contributed by atoms with van der Waals surface area (Å²) < 4.78 is 26.8. The summed E-state index contributed by atoms with van der Waals surface area (Å²) in [7, 11) is 0. The molecule has 0 radical (unpaired) electrons. The molecule has 2 aliphatic heterocycles. The number of anilines is 2. The Labute approximate surface area is 151 Å². The summed E-state index contributed by atoms with van der Waals surface area (Å²) in [5.74, 6) is -2.41. The molecule has 0 bridgehead atoms. The van der Waals surface area contributed by atoms with Gasteiger partial charge in [-0.05, 0) is 36.2 Å². The molecular formula is C18H17F2N5O2. The Kier molecular flexibility index (Phi) is 3.25. The zero-order chi connectivity index (χ0) is 18.8. The average molecular weight is 373 g/mol. The number of likely N-dealkylation sites (tertiary alicyclic amines) is 1. The molecule has 140 valence electrons. The van der Waals surface area contributed by atoms with Crippen LogP contribution in [0.15, 0.2) is 29.1 Å². The Balaban J connectivity index is 1.45. The van der Waals surface area contributed by atoms with Crippen molar-refractivity contribution in [2.45, 2.75) is 18.8 Å². The van der Waals surface area contributed by atoms with Crippen LogP contribution in [-0.4, -0.2) is 51.5 Å². The summed E-state index contributed by atoms with van der Waals surface area (Å²) in [6.07, 6.45) is 0.455. The number of fused-ring (bicyclic) bond motifs is 2. The van der Waals surface area contributed by atoms with E-state index in [1.165, 1.54) is 4.90 Å². The number of hydrogen-bond donors (Lipinski definition) is 3. The quantitative estimate of drug-likeness (QED) is 0.644.